The van der Waals surface area contributed by atoms with Gasteiger partial charge in [-0.2, -0.15) is 0 Å². The predicted molar refractivity (Wildman–Crippen MR) is 71.8 cm³/mol. The summed E-state index contributed by atoms with van der Waals surface area (Å²) in [7, 11) is 1.89. The van der Waals surface area contributed by atoms with Gasteiger partial charge in [0.1, 0.15) is 5.82 Å². The van der Waals surface area contributed by atoms with Crippen LogP contribution in [0.2, 0.25) is 0 Å². The zero-order valence-corrected chi connectivity index (χ0v) is 11.0. The van der Waals surface area contributed by atoms with E-state index in [0.717, 1.165) is 6.54 Å². The number of carbonyl (C=O) groups is 1. The molecule has 18 heavy (non-hydrogen) atoms. The lowest BCUT2D eigenvalue weighted by Gasteiger charge is -2.18. The lowest BCUT2D eigenvalue weighted by atomic mass is 10.2. The summed E-state index contributed by atoms with van der Waals surface area (Å²) in [4.78, 5) is 13.7. The van der Waals surface area contributed by atoms with E-state index >= 15 is 0 Å². The van der Waals surface area contributed by atoms with Gasteiger partial charge in [0, 0.05) is 12.2 Å². The van der Waals surface area contributed by atoms with Crippen molar-refractivity contribution in [3.63, 3.8) is 0 Å². The number of halogens is 1. The summed E-state index contributed by atoms with van der Waals surface area (Å²) in [6.07, 6.45) is 0. The van der Waals surface area contributed by atoms with Crippen molar-refractivity contribution in [1.29, 1.82) is 0 Å². The van der Waals surface area contributed by atoms with Gasteiger partial charge in [-0.15, -0.1) is 0 Å². The van der Waals surface area contributed by atoms with Crippen LogP contribution in [0.15, 0.2) is 18.2 Å². The van der Waals surface area contributed by atoms with E-state index in [0.29, 0.717) is 18.2 Å². The third-order valence-corrected chi connectivity index (χ3v) is 2.37. The third-order valence-electron chi connectivity index (χ3n) is 2.37. The van der Waals surface area contributed by atoms with Gasteiger partial charge in [0.25, 0.3) is 0 Å². The summed E-state index contributed by atoms with van der Waals surface area (Å²) in [6.45, 7) is 5.33. The molecule has 3 N–H and O–H groups in total. The highest BCUT2D eigenvalue weighted by atomic mass is 19.1. The number of nitrogen functional groups attached to an aromatic ring is 1. The summed E-state index contributed by atoms with van der Waals surface area (Å²) >= 11 is 0. The van der Waals surface area contributed by atoms with E-state index in [-0.39, 0.29) is 11.6 Å². The largest absolute Gasteiger partial charge is 0.396 e. The van der Waals surface area contributed by atoms with Gasteiger partial charge < -0.3 is 11.1 Å². The Balaban J connectivity index is 2.51. The average Bonchev–Trinajstić information content (AvgIpc) is 2.21. The summed E-state index contributed by atoms with van der Waals surface area (Å²) in [5.41, 5.74) is 5.97. The minimum absolute atomic E-state index is 0.0309. The number of hydrogen-bond donors (Lipinski definition) is 2. The molecule has 1 aromatic carbocycles. The van der Waals surface area contributed by atoms with E-state index in [4.69, 9.17) is 5.73 Å². The average molecular weight is 253 g/mol. The van der Waals surface area contributed by atoms with Crippen LogP contribution in [-0.2, 0) is 4.79 Å². The van der Waals surface area contributed by atoms with Crippen molar-refractivity contribution in [2.75, 3.05) is 31.2 Å². The maximum atomic E-state index is 12.9. The van der Waals surface area contributed by atoms with Crippen molar-refractivity contribution in [2.45, 2.75) is 13.8 Å². The van der Waals surface area contributed by atoms with Gasteiger partial charge in [0.15, 0.2) is 0 Å². The fraction of sp³-hybridized carbons (Fsp3) is 0.462. The lowest BCUT2D eigenvalue weighted by molar-refractivity contribution is -0.117. The number of benzene rings is 1. The van der Waals surface area contributed by atoms with Crippen LogP contribution in [-0.4, -0.2) is 30.9 Å². The Labute approximate surface area is 107 Å². The van der Waals surface area contributed by atoms with Crippen molar-refractivity contribution >= 4 is 17.3 Å². The normalized spacial score (nSPS) is 11.0. The number of rotatable bonds is 5. The number of likely N-dealkylation sites (N-methyl/N-ethyl adjacent to an activating group) is 1. The first-order valence-electron chi connectivity index (χ1n) is 5.92. The second-order valence-corrected chi connectivity index (χ2v) is 4.88. The van der Waals surface area contributed by atoms with Crippen LogP contribution in [0, 0.1) is 11.7 Å². The maximum Gasteiger partial charge on any atom is 0.238 e. The molecular formula is C13H20FN3O. The lowest BCUT2D eigenvalue weighted by Crippen LogP contribution is -2.32. The van der Waals surface area contributed by atoms with Gasteiger partial charge in [0.2, 0.25) is 5.91 Å². The molecule has 0 aliphatic carbocycles. The number of anilines is 2. The summed E-state index contributed by atoms with van der Waals surface area (Å²) in [5.74, 6) is -0.113. The number of nitrogens with two attached hydrogens (primary N) is 1. The molecule has 0 aliphatic heterocycles. The summed E-state index contributed by atoms with van der Waals surface area (Å²) < 4.78 is 12.9. The molecule has 100 valence electrons. The highest BCUT2D eigenvalue weighted by Crippen LogP contribution is 2.16. The molecule has 1 aromatic rings. The van der Waals surface area contributed by atoms with Gasteiger partial charge in [-0.05, 0) is 31.2 Å². The molecule has 0 spiro atoms. The van der Waals surface area contributed by atoms with E-state index in [1.165, 1.54) is 18.2 Å². The Morgan fingerprint density at radius 1 is 1.50 bits per heavy atom. The Morgan fingerprint density at radius 3 is 2.72 bits per heavy atom. The Kier molecular flexibility index (Phi) is 5.09. The summed E-state index contributed by atoms with van der Waals surface area (Å²) in [6, 6.07) is 4.14. The van der Waals surface area contributed by atoms with Gasteiger partial charge in [-0.3, -0.25) is 9.69 Å². The molecule has 0 bridgehead atoms. The summed E-state index contributed by atoms with van der Waals surface area (Å²) in [5, 5.41) is 2.69. The quantitative estimate of drug-likeness (QED) is 0.788. The van der Waals surface area contributed by atoms with E-state index in [1.807, 2.05) is 11.9 Å². The Bertz CT molecular complexity index is 421. The highest BCUT2D eigenvalue weighted by molar-refractivity contribution is 5.92. The van der Waals surface area contributed by atoms with Crippen LogP contribution in [0.5, 0.6) is 0 Å². The third kappa shape index (κ3) is 4.71. The van der Waals surface area contributed by atoms with Gasteiger partial charge in [0.05, 0.1) is 12.2 Å². The van der Waals surface area contributed by atoms with Crippen LogP contribution in [0.4, 0.5) is 15.8 Å². The SMILES string of the molecule is CC(C)CN(C)CC(=O)Nc1ccc(F)c(N)c1. The number of nitrogens with one attached hydrogen (secondary N) is 1. The first-order valence-corrected chi connectivity index (χ1v) is 5.92. The van der Waals surface area contributed by atoms with E-state index < -0.39 is 5.82 Å². The van der Waals surface area contributed by atoms with E-state index in [9.17, 15) is 9.18 Å². The minimum atomic E-state index is -0.482. The molecule has 0 radical (unpaired) electrons. The molecule has 0 atom stereocenters. The molecule has 5 heteroatoms. The standard InChI is InChI=1S/C13H20FN3O/c1-9(2)7-17(3)8-13(18)16-10-4-5-11(14)12(15)6-10/h4-6,9H,7-8,15H2,1-3H3,(H,16,18). The van der Waals surface area contributed by atoms with Crippen molar-refractivity contribution in [3.05, 3.63) is 24.0 Å². The van der Waals surface area contributed by atoms with Crippen LogP contribution < -0.4 is 11.1 Å². The number of nitrogens with zero attached hydrogens (tertiary/aromatic N) is 1. The van der Waals surface area contributed by atoms with Crippen molar-refractivity contribution in [2.24, 2.45) is 5.92 Å². The maximum absolute atomic E-state index is 12.9. The zero-order valence-electron chi connectivity index (χ0n) is 11.0. The van der Waals surface area contributed by atoms with Crippen molar-refractivity contribution in [3.8, 4) is 0 Å². The molecule has 0 fully saturated rings. The first-order chi connectivity index (χ1) is 8.38. The molecule has 0 aromatic heterocycles. The monoisotopic (exact) mass is 253 g/mol. The molecule has 0 aliphatic rings. The minimum Gasteiger partial charge on any atom is -0.396 e. The predicted octanol–water partition coefficient (Wildman–Crippen LogP) is 1.93. The highest BCUT2D eigenvalue weighted by Gasteiger charge is 2.09. The van der Waals surface area contributed by atoms with Crippen molar-refractivity contribution < 1.29 is 9.18 Å². The van der Waals surface area contributed by atoms with Crippen LogP contribution in [0.25, 0.3) is 0 Å². The van der Waals surface area contributed by atoms with Crippen LogP contribution in [0.1, 0.15) is 13.8 Å². The molecule has 4 nitrogen and oxygen atoms in total. The van der Waals surface area contributed by atoms with Crippen LogP contribution in [0.3, 0.4) is 0 Å². The molecule has 1 rings (SSSR count). The van der Waals surface area contributed by atoms with E-state index in [2.05, 4.69) is 19.2 Å². The fourth-order valence-corrected chi connectivity index (χ4v) is 1.76. The molecule has 0 heterocycles. The smallest absolute Gasteiger partial charge is 0.238 e. The first kappa shape index (κ1) is 14.4. The molecule has 1 amide bonds. The Hall–Kier alpha value is -1.62. The number of amides is 1. The molecule has 0 saturated carbocycles. The second kappa shape index (κ2) is 6.35. The number of carbonyl (C=O) groups excluding carboxylic acids is 1. The zero-order chi connectivity index (χ0) is 13.7. The fourth-order valence-electron chi connectivity index (χ4n) is 1.76. The second-order valence-electron chi connectivity index (χ2n) is 4.88. The van der Waals surface area contributed by atoms with Gasteiger partial charge in [-0.1, -0.05) is 13.8 Å². The molecule has 0 unspecified atom stereocenters. The van der Waals surface area contributed by atoms with Crippen molar-refractivity contribution in [1.82, 2.24) is 4.90 Å². The van der Waals surface area contributed by atoms with Crippen LogP contribution >= 0.6 is 0 Å². The topological polar surface area (TPSA) is 58.4 Å². The molecule has 0 saturated heterocycles. The number of hydrogen-bond acceptors (Lipinski definition) is 3. The molecular weight excluding hydrogens is 233 g/mol. The van der Waals surface area contributed by atoms with Gasteiger partial charge >= 0.3 is 0 Å². The Morgan fingerprint density at radius 2 is 2.17 bits per heavy atom. The van der Waals surface area contributed by atoms with E-state index in [1.54, 1.807) is 0 Å². The van der Waals surface area contributed by atoms with Gasteiger partial charge in [-0.25, -0.2) is 4.39 Å².